The minimum absolute atomic E-state index is 0.0670. The summed E-state index contributed by atoms with van der Waals surface area (Å²) in [4.78, 5) is 25.2. The van der Waals surface area contributed by atoms with Gasteiger partial charge in [0.1, 0.15) is 0 Å². The summed E-state index contributed by atoms with van der Waals surface area (Å²) in [5, 5.41) is 0.945. The molecule has 0 bridgehead atoms. The molecule has 3 rings (SSSR count). The van der Waals surface area contributed by atoms with E-state index in [9.17, 15) is 9.59 Å². The maximum absolute atomic E-state index is 12.7. The molecule has 0 saturated carbocycles. The zero-order chi connectivity index (χ0) is 19.2. The van der Waals surface area contributed by atoms with Gasteiger partial charge in [-0.3, -0.25) is 0 Å². The van der Waals surface area contributed by atoms with Gasteiger partial charge in [-0.05, 0) is 17.9 Å². The average Bonchev–Trinajstić information content (AvgIpc) is 2.91. The maximum Gasteiger partial charge on any atom is 0.339 e. The van der Waals surface area contributed by atoms with Crippen molar-refractivity contribution in [1.29, 1.82) is 0 Å². The van der Waals surface area contributed by atoms with E-state index in [1.807, 2.05) is 31.3 Å². The number of esters is 2. The molecule has 0 amide bonds. The van der Waals surface area contributed by atoms with Crippen LogP contribution in [0.2, 0.25) is 0 Å². The van der Waals surface area contributed by atoms with Crippen LogP contribution in [0.4, 0.5) is 0 Å². The first-order chi connectivity index (χ1) is 12.2. The summed E-state index contributed by atoms with van der Waals surface area (Å²) in [7, 11) is 4.69. The minimum atomic E-state index is -0.504. The fourth-order valence-electron chi connectivity index (χ4n) is 3.99. The minimum Gasteiger partial charge on any atom is -0.466 e. The van der Waals surface area contributed by atoms with Crippen LogP contribution in [0.25, 0.3) is 16.5 Å². The predicted octanol–water partition coefficient (Wildman–Crippen LogP) is 3.81. The second-order valence-electron chi connectivity index (χ2n) is 7.80. The van der Waals surface area contributed by atoms with Gasteiger partial charge in [0, 0.05) is 35.1 Å². The van der Waals surface area contributed by atoms with Gasteiger partial charge in [-0.25, -0.2) is 9.59 Å². The Morgan fingerprint density at radius 2 is 1.69 bits per heavy atom. The fourth-order valence-corrected chi connectivity index (χ4v) is 3.99. The highest BCUT2D eigenvalue weighted by molar-refractivity contribution is 6.26. The molecule has 5 nitrogen and oxygen atoms in total. The quantitative estimate of drug-likeness (QED) is 0.769. The number of carbonyl (C=O) groups excluding carboxylic acids is 2. The van der Waals surface area contributed by atoms with Crippen LogP contribution in [0.1, 0.15) is 44.4 Å². The Morgan fingerprint density at radius 1 is 1.08 bits per heavy atom. The predicted molar refractivity (Wildman–Crippen MR) is 101 cm³/mol. The molecule has 0 fully saturated rings. The number of para-hydroxylation sites is 1. The van der Waals surface area contributed by atoms with Crippen LogP contribution in [0.5, 0.6) is 0 Å². The molecule has 0 spiro atoms. The van der Waals surface area contributed by atoms with Crippen LogP contribution >= 0.6 is 0 Å². The Balaban J connectivity index is 2.47. The van der Waals surface area contributed by atoms with Crippen molar-refractivity contribution in [3.63, 3.8) is 0 Å². The lowest BCUT2D eigenvalue weighted by atomic mass is 9.69. The van der Waals surface area contributed by atoms with Crippen molar-refractivity contribution >= 4 is 28.4 Å². The number of rotatable bonds is 2. The molecule has 0 radical (unpaired) electrons. The summed E-state index contributed by atoms with van der Waals surface area (Å²) in [6.45, 7) is 6.45. The molecule has 0 N–H and O–H groups in total. The number of hydrogen-bond acceptors (Lipinski definition) is 4. The number of fused-ring (bicyclic) bond motifs is 3. The first kappa shape index (κ1) is 18.2. The van der Waals surface area contributed by atoms with Crippen LogP contribution < -0.4 is 0 Å². The van der Waals surface area contributed by atoms with E-state index in [-0.39, 0.29) is 11.3 Å². The molecule has 1 unspecified atom stereocenters. The molecule has 0 saturated heterocycles. The fraction of sp³-hybridized carbons (Fsp3) is 0.429. The molecule has 5 heteroatoms. The number of nitrogens with zero attached hydrogens (tertiary/aromatic N) is 1. The summed E-state index contributed by atoms with van der Waals surface area (Å²) in [6, 6.07) is 7.93. The third kappa shape index (κ3) is 2.62. The Kier molecular flexibility index (Phi) is 4.42. The Morgan fingerprint density at radius 3 is 2.27 bits per heavy atom. The van der Waals surface area contributed by atoms with Gasteiger partial charge in [0.2, 0.25) is 0 Å². The number of methoxy groups -OCH3 is 2. The lowest BCUT2D eigenvalue weighted by Gasteiger charge is -2.36. The molecule has 1 aromatic heterocycles. The van der Waals surface area contributed by atoms with E-state index in [1.54, 1.807) is 0 Å². The second kappa shape index (κ2) is 6.31. The highest BCUT2D eigenvalue weighted by Gasteiger charge is 2.42. The SMILES string of the molecule is COC(=O)C1=C(C(=O)OC)c2c(n(C)c3ccccc23)C(C(C)(C)C)C1. The van der Waals surface area contributed by atoms with Gasteiger partial charge in [-0.1, -0.05) is 39.0 Å². The van der Waals surface area contributed by atoms with E-state index in [2.05, 4.69) is 25.3 Å². The maximum atomic E-state index is 12.7. The summed E-state index contributed by atoms with van der Waals surface area (Å²) < 4.78 is 12.2. The first-order valence-electron chi connectivity index (χ1n) is 8.69. The molecule has 1 atom stereocenters. The summed E-state index contributed by atoms with van der Waals surface area (Å²) in [5.74, 6) is -0.911. The largest absolute Gasteiger partial charge is 0.466 e. The van der Waals surface area contributed by atoms with Gasteiger partial charge in [-0.15, -0.1) is 0 Å². The van der Waals surface area contributed by atoms with Gasteiger partial charge in [0.05, 0.1) is 25.4 Å². The van der Waals surface area contributed by atoms with Crippen molar-refractivity contribution in [1.82, 2.24) is 4.57 Å². The van der Waals surface area contributed by atoms with E-state index in [1.165, 1.54) is 14.2 Å². The van der Waals surface area contributed by atoms with Crippen molar-refractivity contribution in [2.24, 2.45) is 12.5 Å². The molecule has 138 valence electrons. The van der Waals surface area contributed by atoms with Gasteiger partial charge < -0.3 is 14.0 Å². The molecule has 0 aliphatic heterocycles. The second-order valence-corrected chi connectivity index (χ2v) is 7.80. The molecular weight excluding hydrogens is 330 g/mol. The summed E-state index contributed by atoms with van der Waals surface area (Å²) in [5.41, 5.74) is 3.50. The van der Waals surface area contributed by atoms with Gasteiger partial charge in [0.25, 0.3) is 0 Å². The third-order valence-corrected chi connectivity index (χ3v) is 5.31. The smallest absolute Gasteiger partial charge is 0.339 e. The van der Waals surface area contributed by atoms with Crippen LogP contribution in [-0.4, -0.2) is 30.7 Å². The lowest BCUT2D eigenvalue weighted by molar-refractivity contribution is -0.138. The van der Waals surface area contributed by atoms with Crippen molar-refractivity contribution in [3.8, 4) is 0 Å². The van der Waals surface area contributed by atoms with Crippen LogP contribution in [-0.2, 0) is 26.1 Å². The average molecular weight is 355 g/mol. The Labute approximate surface area is 153 Å². The van der Waals surface area contributed by atoms with Crippen molar-refractivity contribution < 1.29 is 19.1 Å². The number of ether oxygens (including phenoxy) is 2. The van der Waals surface area contributed by atoms with Gasteiger partial charge in [-0.2, -0.15) is 0 Å². The lowest BCUT2D eigenvalue weighted by Crippen LogP contribution is -2.29. The zero-order valence-electron chi connectivity index (χ0n) is 16.2. The number of aromatic nitrogens is 1. The van der Waals surface area contributed by atoms with Crippen LogP contribution in [0.3, 0.4) is 0 Å². The topological polar surface area (TPSA) is 57.5 Å². The number of carbonyl (C=O) groups is 2. The molecule has 1 aromatic carbocycles. The van der Waals surface area contributed by atoms with Crippen LogP contribution in [0.15, 0.2) is 29.8 Å². The summed E-state index contributed by atoms with van der Waals surface area (Å²) >= 11 is 0. The van der Waals surface area contributed by atoms with E-state index in [0.717, 1.165) is 22.2 Å². The number of benzene rings is 1. The van der Waals surface area contributed by atoms with Gasteiger partial charge in [0.15, 0.2) is 0 Å². The van der Waals surface area contributed by atoms with Crippen LogP contribution in [0, 0.1) is 5.41 Å². The highest BCUT2D eigenvalue weighted by Crippen LogP contribution is 2.50. The zero-order valence-corrected chi connectivity index (χ0v) is 16.2. The molecule has 1 heterocycles. The first-order valence-corrected chi connectivity index (χ1v) is 8.69. The Bertz CT molecular complexity index is 927. The number of aryl methyl sites for hydroxylation is 1. The van der Waals surface area contributed by atoms with E-state index >= 15 is 0 Å². The Hall–Kier alpha value is -2.56. The third-order valence-electron chi connectivity index (χ3n) is 5.31. The normalized spacial score (nSPS) is 17.2. The summed E-state index contributed by atoms with van der Waals surface area (Å²) in [6.07, 6.45) is 0.442. The molecule has 26 heavy (non-hydrogen) atoms. The highest BCUT2D eigenvalue weighted by atomic mass is 16.5. The van der Waals surface area contributed by atoms with E-state index in [4.69, 9.17) is 9.47 Å². The van der Waals surface area contributed by atoms with Crippen molar-refractivity contribution in [3.05, 3.63) is 41.1 Å². The molecule has 1 aliphatic carbocycles. The monoisotopic (exact) mass is 355 g/mol. The van der Waals surface area contributed by atoms with Gasteiger partial charge >= 0.3 is 11.9 Å². The van der Waals surface area contributed by atoms with E-state index in [0.29, 0.717) is 17.6 Å². The molecular formula is C21H25NO4. The van der Waals surface area contributed by atoms with Crippen molar-refractivity contribution in [2.75, 3.05) is 14.2 Å². The number of hydrogen-bond donors (Lipinski definition) is 0. The van der Waals surface area contributed by atoms with Crippen molar-refractivity contribution in [2.45, 2.75) is 33.1 Å². The van der Waals surface area contributed by atoms with E-state index < -0.39 is 11.9 Å². The molecule has 2 aromatic rings. The standard InChI is InChI=1S/C21H25NO4/c1-21(2,3)14-11-13(19(23)25-5)17(20(24)26-6)16-12-9-7-8-10-15(12)22(4)18(14)16/h7-10,14H,11H2,1-6H3. The molecule has 1 aliphatic rings.